The van der Waals surface area contributed by atoms with Crippen LogP contribution in [0.3, 0.4) is 0 Å². The summed E-state index contributed by atoms with van der Waals surface area (Å²) in [6, 6.07) is 0. The molecule has 0 bridgehead atoms. The number of hydrogen-bond acceptors (Lipinski definition) is 14. The van der Waals surface area contributed by atoms with Gasteiger partial charge in [-0.1, -0.05) is 38.5 Å². The van der Waals surface area contributed by atoms with Gasteiger partial charge in [0.2, 0.25) is 0 Å². The summed E-state index contributed by atoms with van der Waals surface area (Å²) >= 11 is 0. The van der Waals surface area contributed by atoms with E-state index in [9.17, 15) is 4.79 Å². The molecular formula is C35H66O14. The molecule has 0 aliphatic heterocycles. The Kier molecular flexibility index (Phi) is 43.3. The number of terminal acetylenes is 1. The normalized spacial score (nSPS) is 11.3. The summed E-state index contributed by atoms with van der Waals surface area (Å²) in [5, 5.41) is 0. The van der Waals surface area contributed by atoms with Crippen LogP contribution in [-0.4, -0.2) is 171 Å². The van der Waals surface area contributed by atoms with Crippen LogP contribution < -0.4 is 0 Å². The van der Waals surface area contributed by atoms with Gasteiger partial charge < -0.3 is 61.6 Å². The molecule has 0 spiro atoms. The molecule has 0 aromatic rings. The zero-order valence-electron chi connectivity index (χ0n) is 30.2. The fraction of sp³-hybridized carbons (Fsp3) is 0.914. The maximum absolute atomic E-state index is 11.6. The Hall–Kier alpha value is -1.45. The van der Waals surface area contributed by atoms with Gasteiger partial charge >= 0.3 is 5.97 Å². The Bertz CT molecular complexity index is 679. The van der Waals surface area contributed by atoms with Crippen molar-refractivity contribution in [1.82, 2.24) is 0 Å². The van der Waals surface area contributed by atoms with Crippen molar-refractivity contribution in [2.24, 2.45) is 0 Å². The summed E-state index contributed by atoms with van der Waals surface area (Å²) < 4.78 is 70.1. The van der Waals surface area contributed by atoms with Crippen molar-refractivity contribution >= 4 is 5.97 Å². The molecule has 290 valence electrons. The van der Waals surface area contributed by atoms with Gasteiger partial charge in [0.05, 0.1) is 152 Å². The largest absolute Gasteiger partial charge is 0.463 e. The van der Waals surface area contributed by atoms with Crippen molar-refractivity contribution in [3.63, 3.8) is 0 Å². The lowest BCUT2D eigenvalue weighted by Crippen LogP contribution is -2.15. The molecule has 14 heteroatoms. The van der Waals surface area contributed by atoms with E-state index < -0.39 is 0 Å². The Morgan fingerprint density at radius 1 is 0.388 bits per heavy atom. The summed E-state index contributed by atoms with van der Waals surface area (Å²) in [4.78, 5) is 11.6. The van der Waals surface area contributed by atoms with Crippen molar-refractivity contribution in [1.29, 1.82) is 0 Å². The molecule has 0 saturated heterocycles. The zero-order valence-corrected chi connectivity index (χ0v) is 30.2. The molecule has 0 aliphatic carbocycles. The first-order valence-electron chi connectivity index (χ1n) is 17.8. The predicted molar refractivity (Wildman–Crippen MR) is 183 cm³/mol. The number of carbonyl (C=O) groups excluding carboxylic acids is 1. The summed E-state index contributed by atoms with van der Waals surface area (Å²) in [7, 11) is 0. The molecule has 0 rings (SSSR count). The lowest BCUT2D eigenvalue weighted by Gasteiger charge is -2.09. The summed E-state index contributed by atoms with van der Waals surface area (Å²) in [5.41, 5.74) is 0. The average Bonchev–Trinajstić information content (AvgIpc) is 3.11. The molecule has 0 aliphatic rings. The molecule has 49 heavy (non-hydrogen) atoms. The van der Waals surface area contributed by atoms with Gasteiger partial charge in [-0.25, -0.2) is 0 Å². The van der Waals surface area contributed by atoms with E-state index in [1.807, 2.05) is 0 Å². The van der Waals surface area contributed by atoms with Gasteiger partial charge in [0, 0.05) is 6.42 Å². The van der Waals surface area contributed by atoms with E-state index in [1.54, 1.807) is 0 Å². The van der Waals surface area contributed by atoms with Gasteiger partial charge in [0.1, 0.15) is 13.2 Å². The highest BCUT2D eigenvalue weighted by atomic mass is 16.6. The number of esters is 1. The zero-order chi connectivity index (χ0) is 35.4. The minimum absolute atomic E-state index is 0.149. The highest BCUT2D eigenvalue weighted by Crippen LogP contribution is 2.05. The molecule has 0 atom stereocenters. The molecule has 0 aromatic carbocycles. The first-order valence-corrected chi connectivity index (χ1v) is 17.8. The summed E-state index contributed by atoms with van der Waals surface area (Å²) in [6.45, 7) is 14.0. The van der Waals surface area contributed by atoms with Gasteiger partial charge in [-0.2, -0.15) is 0 Å². The molecule has 0 amide bonds. The summed E-state index contributed by atoms with van der Waals surface area (Å²) in [5.74, 6) is 2.25. The van der Waals surface area contributed by atoms with Crippen LogP contribution in [-0.2, 0) is 66.4 Å². The van der Waals surface area contributed by atoms with Crippen LogP contribution in [0.25, 0.3) is 0 Å². The van der Waals surface area contributed by atoms with Crippen LogP contribution in [0.4, 0.5) is 0 Å². The number of hydrogen-bond donors (Lipinski definition) is 0. The Labute approximate surface area is 295 Å². The van der Waals surface area contributed by atoms with Crippen molar-refractivity contribution in [3.05, 3.63) is 0 Å². The van der Waals surface area contributed by atoms with E-state index in [0.29, 0.717) is 165 Å². The lowest BCUT2D eigenvalue weighted by molar-refractivity contribution is -0.145. The van der Waals surface area contributed by atoms with Crippen LogP contribution in [0.1, 0.15) is 45.4 Å². The standard InChI is InChI=1S/C35H66O14/c1-3-5-6-7-8-9-35(36)49-34-33-48-32-31-47-30-29-46-28-27-45-26-25-44-24-23-43-22-21-42-20-19-41-18-17-40-16-15-39-14-13-38-12-11-37-10-4-2/h2H,3,5-34H2,1H3. The highest BCUT2D eigenvalue weighted by molar-refractivity contribution is 5.69. The molecule has 0 heterocycles. The Morgan fingerprint density at radius 3 is 0.939 bits per heavy atom. The molecule has 0 N–H and O–H groups in total. The Morgan fingerprint density at radius 2 is 0.653 bits per heavy atom. The minimum Gasteiger partial charge on any atom is -0.463 e. The first-order chi connectivity index (χ1) is 24.3. The fourth-order valence-electron chi connectivity index (χ4n) is 3.71. The van der Waals surface area contributed by atoms with Gasteiger partial charge in [0.25, 0.3) is 0 Å². The summed E-state index contributed by atoms with van der Waals surface area (Å²) in [6.07, 6.45) is 11.1. The van der Waals surface area contributed by atoms with Crippen LogP contribution in [0.15, 0.2) is 0 Å². The van der Waals surface area contributed by atoms with Crippen molar-refractivity contribution < 1.29 is 66.4 Å². The van der Waals surface area contributed by atoms with Gasteiger partial charge in [-0.05, 0) is 6.42 Å². The monoisotopic (exact) mass is 710 g/mol. The molecule has 14 nitrogen and oxygen atoms in total. The second kappa shape index (κ2) is 44.6. The van der Waals surface area contributed by atoms with Gasteiger partial charge in [-0.3, -0.25) is 4.79 Å². The SMILES string of the molecule is C#CCOCCOCCOCCOCCOCCOCCOCCOCCOCCOCCOCCOCCOC(=O)CCCCCCC. The quantitative estimate of drug-likeness (QED) is 0.0521. The van der Waals surface area contributed by atoms with E-state index in [-0.39, 0.29) is 12.6 Å². The third kappa shape index (κ3) is 44.5. The topological polar surface area (TPSA) is 137 Å². The van der Waals surface area contributed by atoms with Crippen LogP contribution in [0, 0.1) is 12.3 Å². The minimum atomic E-state index is -0.149. The molecule has 0 unspecified atom stereocenters. The third-order valence-electron chi connectivity index (χ3n) is 6.25. The number of unbranched alkanes of at least 4 members (excludes halogenated alkanes) is 4. The maximum Gasteiger partial charge on any atom is 0.305 e. The molecular weight excluding hydrogens is 644 g/mol. The van der Waals surface area contributed by atoms with Crippen LogP contribution >= 0.6 is 0 Å². The Balaban J connectivity index is 3.08. The number of rotatable bonds is 43. The van der Waals surface area contributed by atoms with Gasteiger partial charge in [-0.15, -0.1) is 6.42 Å². The van der Waals surface area contributed by atoms with E-state index in [4.69, 9.17) is 68.0 Å². The van der Waals surface area contributed by atoms with E-state index in [2.05, 4.69) is 12.8 Å². The molecule has 0 aromatic heterocycles. The predicted octanol–water partition coefficient (Wildman–Crippen LogP) is 2.72. The molecule has 0 radical (unpaired) electrons. The van der Waals surface area contributed by atoms with Crippen LogP contribution in [0.5, 0.6) is 0 Å². The van der Waals surface area contributed by atoms with Crippen molar-refractivity contribution in [2.75, 3.05) is 165 Å². The second-order valence-corrected chi connectivity index (χ2v) is 10.4. The average molecular weight is 711 g/mol. The van der Waals surface area contributed by atoms with Crippen molar-refractivity contribution in [2.45, 2.75) is 45.4 Å². The molecule has 0 saturated carbocycles. The maximum atomic E-state index is 11.6. The number of ether oxygens (including phenoxy) is 13. The van der Waals surface area contributed by atoms with E-state index in [1.165, 1.54) is 19.3 Å². The first kappa shape index (κ1) is 47.5. The van der Waals surface area contributed by atoms with E-state index >= 15 is 0 Å². The van der Waals surface area contributed by atoms with Crippen LogP contribution in [0.2, 0.25) is 0 Å². The highest BCUT2D eigenvalue weighted by Gasteiger charge is 2.02. The van der Waals surface area contributed by atoms with Crippen molar-refractivity contribution in [3.8, 4) is 12.3 Å². The fourth-order valence-corrected chi connectivity index (χ4v) is 3.71. The smallest absolute Gasteiger partial charge is 0.305 e. The second-order valence-electron chi connectivity index (χ2n) is 10.4. The lowest BCUT2D eigenvalue weighted by atomic mass is 10.1. The third-order valence-corrected chi connectivity index (χ3v) is 6.25. The molecule has 0 fully saturated rings. The number of carbonyl (C=O) groups is 1. The van der Waals surface area contributed by atoms with Gasteiger partial charge in [0.15, 0.2) is 0 Å². The van der Waals surface area contributed by atoms with E-state index in [0.717, 1.165) is 12.8 Å².